The Morgan fingerprint density at radius 1 is 1.46 bits per heavy atom. The van der Waals surface area contributed by atoms with Gasteiger partial charge in [-0.25, -0.2) is 18.6 Å². The lowest BCUT2D eigenvalue weighted by Crippen LogP contribution is -2.35. The minimum absolute atomic E-state index is 0.0159. The molecule has 1 amide bonds. The molecule has 0 saturated carbocycles. The molecule has 0 bridgehead atoms. The number of carbonyl (C=O) groups is 1. The standard InChI is InChI=1S/C15H13ClFN5O2/c1-9(22-15(24)21-6-2-5-18-14(21)20-22)13(23)19-8-10-3-4-11(16)12(17)7-10/h2-7,9H,8H2,1H3,(H,19,23). The zero-order chi connectivity index (χ0) is 17.3. The lowest BCUT2D eigenvalue weighted by Gasteiger charge is -2.11. The minimum Gasteiger partial charge on any atom is -0.350 e. The van der Waals surface area contributed by atoms with Crippen LogP contribution in [0.25, 0.3) is 5.78 Å². The molecule has 2 heterocycles. The Labute approximate surface area is 140 Å². The summed E-state index contributed by atoms with van der Waals surface area (Å²) in [4.78, 5) is 28.4. The molecule has 3 rings (SSSR count). The van der Waals surface area contributed by atoms with Crippen LogP contribution in [0.1, 0.15) is 18.5 Å². The van der Waals surface area contributed by atoms with E-state index in [4.69, 9.17) is 11.6 Å². The highest BCUT2D eigenvalue weighted by Crippen LogP contribution is 2.15. The lowest BCUT2D eigenvalue weighted by molar-refractivity contribution is -0.124. The molecule has 124 valence electrons. The molecule has 2 aromatic heterocycles. The molecule has 0 aliphatic heterocycles. The summed E-state index contributed by atoms with van der Waals surface area (Å²) >= 11 is 5.61. The maximum absolute atomic E-state index is 13.4. The second kappa shape index (κ2) is 6.40. The van der Waals surface area contributed by atoms with Gasteiger partial charge in [0.25, 0.3) is 5.78 Å². The smallest absolute Gasteiger partial charge is 0.350 e. The fraction of sp³-hybridized carbons (Fsp3) is 0.200. The van der Waals surface area contributed by atoms with Crippen LogP contribution in [0, 0.1) is 5.82 Å². The Balaban J connectivity index is 1.75. The van der Waals surface area contributed by atoms with Crippen LogP contribution >= 0.6 is 11.6 Å². The third-order valence-electron chi connectivity index (χ3n) is 3.52. The summed E-state index contributed by atoms with van der Waals surface area (Å²) in [5.74, 6) is -0.767. The van der Waals surface area contributed by atoms with Crippen LogP contribution in [0.15, 0.2) is 41.5 Å². The van der Waals surface area contributed by atoms with E-state index in [0.29, 0.717) is 5.56 Å². The Bertz CT molecular complexity index is 968. The largest absolute Gasteiger partial charge is 0.352 e. The van der Waals surface area contributed by atoms with Gasteiger partial charge in [0.15, 0.2) is 0 Å². The van der Waals surface area contributed by atoms with Crippen molar-refractivity contribution < 1.29 is 9.18 Å². The number of rotatable bonds is 4. The third-order valence-corrected chi connectivity index (χ3v) is 3.83. The molecular weight excluding hydrogens is 337 g/mol. The number of halogens is 2. The van der Waals surface area contributed by atoms with Gasteiger partial charge in [-0.2, -0.15) is 4.68 Å². The first-order chi connectivity index (χ1) is 11.5. The summed E-state index contributed by atoms with van der Waals surface area (Å²) < 4.78 is 15.7. The van der Waals surface area contributed by atoms with Gasteiger partial charge in [0.05, 0.1) is 5.02 Å². The van der Waals surface area contributed by atoms with E-state index in [-0.39, 0.29) is 17.3 Å². The normalized spacial score (nSPS) is 12.3. The Morgan fingerprint density at radius 3 is 2.96 bits per heavy atom. The fourth-order valence-electron chi connectivity index (χ4n) is 2.19. The van der Waals surface area contributed by atoms with Gasteiger partial charge in [-0.1, -0.05) is 17.7 Å². The van der Waals surface area contributed by atoms with Crippen molar-refractivity contribution in [2.75, 3.05) is 0 Å². The van der Waals surface area contributed by atoms with Crippen molar-refractivity contribution in [3.05, 3.63) is 63.5 Å². The summed E-state index contributed by atoms with van der Waals surface area (Å²) in [6, 6.07) is 5.03. The molecule has 1 aromatic carbocycles. The molecule has 0 radical (unpaired) electrons. The predicted octanol–water partition coefficient (Wildman–Crippen LogP) is 1.56. The summed E-state index contributed by atoms with van der Waals surface area (Å²) in [5, 5.41) is 6.68. The summed E-state index contributed by atoms with van der Waals surface area (Å²) in [5.41, 5.74) is 0.0970. The zero-order valence-electron chi connectivity index (χ0n) is 12.6. The molecule has 24 heavy (non-hydrogen) atoms. The SMILES string of the molecule is CC(C(=O)NCc1ccc(Cl)c(F)c1)n1nc2ncccn2c1=O. The molecule has 3 aromatic rings. The number of nitrogens with zero attached hydrogens (tertiary/aromatic N) is 4. The fourth-order valence-corrected chi connectivity index (χ4v) is 2.30. The van der Waals surface area contributed by atoms with Crippen molar-refractivity contribution in [2.24, 2.45) is 0 Å². The highest BCUT2D eigenvalue weighted by atomic mass is 35.5. The maximum atomic E-state index is 13.4. The van der Waals surface area contributed by atoms with Crippen LogP contribution < -0.4 is 11.0 Å². The maximum Gasteiger partial charge on any atom is 0.352 e. The number of aromatic nitrogens is 4. The van der Waals surface area contributed by atoms with Gasteiger partial charge >= 0.3 is 5.69 Å². The van der Waals surface area contributed by atoms with E-state index < -0.39 is 23.5 Å². The quantitative estimate of drug-likeness (QED) is 0.775. The number of hydrogen-bond acceptors (Lipinski definition) is 4. The first-order valence-electron chi connectivity index (χ1n) is 7.11. The average molecular weight is 350 g/mol. The molecule has 0 spiro atoms. The van der Waals surface area contributed by atoms with Gasteiger partial charge in [-0.05, 0) is 30.7 Å². The topological polar surface area (TPSA) is 81.3 Å². The van der Waals surface area contributed by atoms with E-state index in [1.807, 2.05) is 0 Å². The molecular formula is C15H13ClFN5O2. The first-order valence-corrected chi connectivity index (χ1v) is 7.48. The molecule has 1 N–H and O–H groups in total. The van der Waals surface area contributed by atoms with Gasteiger partial charge in [-0.15, -0.1) is 5.10 Å². The van der Waals surface area contributed by atoms with Crippen molar-refractivity contribution in [2.45, 2.75) is 19.5 Å². The van der Waals surface area contributed by atoms with Crippen molar-refractivity contribution in [1.82, 2.24) is 24.5 Å². The number of carbonyl (C=O) groups excluding carboxylic acids is 1. The molecule has 0 saturated heterocycles. The van der Waals surface area contributed by atoms with Crippen LogP contribution in [0.5, 0.6) is 0 Å². The second-order valence-electron chi connectivity index (χ2n) is 5.16. The van der Waals surface area contributed by atoms with E-state index >= 15 is 0 Å². The zero-order valence-corrected chi connectivity index (χ0v) is 13.4. The highest BCUT2D eigenvalue weighted by Gasteiger charge is 2.20. The number of hydrogen-bond donors (Lipinski definition) is 1. The molecule has 0 fully saturated rings. The van der Waals surface area contributed by atoms with E-state index in [9.17, 15) is 14.0 Å². The van der Waals surface area contributed by atoms with Gasteiger partial charge in [0.1, 0.15) is 11.9 Å². The van der Waals surface area contributed by atoms with E-state index in [0.717, 1.165) is 4.68 Å². The second-order valence-corrected chi connectivity index (χ2v) is 5.57. The summed E-state index contributed by atoms with van der Waals surface area (Å²) in [6.07, 6.45) is 3.03. The summed E-state index contributed by atoms with van der Waals surface area (Å²) in [7, 11) is 0. The number of amides is 1. The highest BCUT2D eigenvalue weighted by molar-refractivity contribution is 6.30. The van der Waals surface area contributed by atoms with Crippen LogP contribution in [0.3, 0.4) is 0 Å². The Kier molecular flexibility index (Phi) is 4.30. The van der Waals surface area contributed by atoms with Crippen LogP contribution in [-0.4, -0.2) is 25.1 Å². The van der Waals surface area contributed by atoms with E-state index in [2.05, 4.69) is 15.4 Å². The molecule has 7 nitrogen and oxygen atoms in total. The van der Waals surface area contributed by atoms with Crippen LogP contribution in [0.4, 0.5) is 4.39 Å². The summed E-state index contributed by atoms with van der Waals surface area (Å²) in [6.45, 7) is 1.66. The van der Waals surface area contributed by atoms with Gasteiger partial charge in [-0.3, -0.25) is 4.79 Å². The molecule has 1 unspecified atom stereocenters. The first kappa shape index (κ1) is 16.1. The van der Waals surface area contributed by atoms with Gasteiger partial charge in [0.2, 0.25) is 5.91 Å². The van der Waals surface area contributed by atoms with Crippen LogP contribution in [-0.2, 0) is 11.3 Å². The number of nitrogens with one attached hydrogen (secondary N) is 1. The predicted molar refractivity (Wildman–Crippen MR) is 85.2 cm³/mol. The third kappa shape index (κ3) is 3.00. The van der Waals surface area contributed by atoms with Crippen molar-refractivity contribution >= 4 is 23.3 Å². The van der Waals surface area contributed by atoms with E-state index in [1.165, 1.54) is 28.9 Å². The van der Waals surface area contributed by atoms with Crippen molar-refractivity contribution in [3.8, 4) is 0 Å². The van der Waals surface area contributed by atoms with Crippen molar-refractivity contribution in [1.29, 1.82) is 0 Å². The van der Waals surface area contributed by atoms with Gasteiger partial charge in [0, 0.05) is 18.9 Å². The number of fused-ring (bicyclic) bond motifs is 1. The molecule has 1 atom stereocenters. The molecule has 0 aliphatic rings. The lowest BCUT2D eigenvalue weighted by atomic mass is 10.2. The van der Waals surface area contributed by atoms with Crippen LogP contribution in [0.2, 0.25) is 5.02 Å². The Morgan fingerprint density at radius 2 is 2.25 bits per heavy atom. The molecule has 0 aliphatic carbocycles. The minimum atomic E-state index is -0.837. The average Bonchev–Trinajstić information content (AvgIpc) is 2.92. The Hall–Kier alpha value is -2.74. The van der Waals surface area contributed by atoms with E-state index in [1.54, 1.807) is 19.1 Å². The van der Waals surface area contributed by atoms with Gasteiger partial charge < -0.3 is 5.32 Å². The number of benzene rings is 1. The molecule has 9 heteroatoms. The monoisotopic (exact) mass is 349 g/mol. The van der Waals surface area contributed by atoms with Crippen molar-refractivity contribution in [3.63, 3.8) is 0 Å².